The number of nitrogens with zero attached hydrogens (tertiary/aromatic N) is 3. The molecule has 0 aliphatic heterocycles. The van der Waals surface area contributed by atoms with E-state index in [0.29, 0.717) is 11.3 Å². The smallest absolute Gasteiger partial charge is 0.261 e. The predicted octanol–water partition coefficient (Wildman–Crippen LogP) is 2.25. The molecule has 1 aliphatic rings. The number of amides is 1. The fraction of sp³-hybridized carbons (Fsp3) is 0.389. The van der Waals surface area contributed by atoms with E-state index in [-0.39, 0.29) is 11.9 Å². The van der Waals surface area contributed by atoms with Crippen molar-refractivity contribution in [3.05, 3.63) is 47.3 Å². The van der Waals surface area contributed by atoms with Crippen molar-refractivity contribution in [2.24, 2.45) is 7.05 Å². The lowest BCUT2D eigenvalue weighted by atomic mass is 9.93. The van der Waals surface area contributed by atoms with Gasteiger partial charge in [0, 0.05) is 18.3 Å². The average Bonchev–Trinajstić information content (AvgIpc) is 2.98. The van der Waals surface area contributed by atoms with E-state index in [2.05, 4.69) is 16.5 Å². The summed E-state index contributed by atoms with van der Waals surface area (Å²) in [6.07, 6.45) is 4.16. The van der Waals surface area contributed by atoms with Crippen LogP contribution in [0.15, 0.2) is 30.5 Å². The van der Waals surface area contributed by atoms with E-state index in [1.54, 1.807) is 31.2 Å². The number of nitriles is 1. The van der Waals surface area contributed by atoms with E-state index in [1.165, 1.54) is 5.69 Å². The SMILES string of the molecule is CC(Oc1ccc(C#N)cc1)C(=O)NC1CCCc2c1cnn2C. The molecule has 124 valence electrons. The van der Waals surface area contributed by atoms with Crippen LogP contribution >= 0.6 is 0 Å². The molecule has 24 heavy (non-hydrogen) atoms. The normalized spacial score (nSPS) is 17.5. The third kappa shape index (κ3) is 3.25. The van der Waals surface area contributed by atoms with Crippen molar-refractivity contribution in [2.75, 3.05) is 0 Å². The lowest BCUT2D eigenvalue weighted by molar-refractivity contribution is -0.128. The first-order chi connectivity index (χ1) is 11.6. The highest BCUT2D eigenvalue weighted by Crippen LogP contribution is 2.29. The number of hydrogen-bond acceptors (Lipinski definition) is 4. The second-order valence-electron chi connectivity index (χ2n) is 6.02. The largest absolute Gasteiger partial charge is 0.481 e. The number of aromatic nitrogens is 2. The van der Waals surface area contributed by atoms with Crippen LogP contribution in [0.4, 0.5) is 0 Å². The van der Waals surface area contributed by atoms with Crippen molar-refractivity contribution in [2.45, 2.75) is 38.3 Å². The van der Waals surface area contributed by atoms with Gasteiger partial charge in [-0.2, -0.15) is 10.4 Å². The Morgan fingerprint density at radius 1 is 1.46 bits per heavy atom. The van der Waals surface area contributed by atoms with Gasteiger partial charge in [-0.15, -0.1) is 0 Å². The van der Waals surface area contributed by atoms with Crippen molar-refractivity contribution in [1.29, 1.82) is 5.26 Å². The van der Waals surface area contributed by atoms with Crippen molar-refractivity contribution < 1.29 is 9.53 Å². The molecule has 2 unspecified atom stereocenters. The van der Waals surface area contributed by atoms with Gasteiger partial charge in [-0.1, -0.05) is 0 Å². The number of benzene rings is 1. The van der Waals surface area contributed by atoms with E-state index in [9.17, 15) is 4.79 Å². The summed E-state index contributed by atoms with van der Waals surface area (Å²) < 4.78 is 7.55. The Bertz CT molecular complexity index is 773. The third-order valence-corrected chi connectivity index (χ3v) is 4.36. The van der Waals surface area contributed by atoms with Crippen LogP contribution < -0.4 is 10.1 Å². The molecule has 6 nitrogen and oxygen atoms in total. The van der Waals surface area contributed by atoms with Crippen molar-refractivity contribution in [1.82, 2.24) is 15.1 Å². The summed E-state index contributed by atoms with van der Waals surface area (Å²) in [5.74, 6) is 0.420. The van der Waals surface area contributed by atoms with Crippen molar-refractivity contribution in [3.8, 4) is 11.8 Å². The van der Waals surface area contributed by atoms with E-state index in [4.69, 9.17) is 10.00 Å². The maximum Gasteiger partial charge on any atom is 0.261 e. The first-order valence-electron chi connectivity index (χ1n) is 8.06. The molecule has 0 saturated carbocycles. The number of ether oxygens (including phenoxy) is 1. The molecule has 2 atom stereocenters. The number of carbonyl (C=O) groups excluding carboxylic acids is 1. The van der Waals surface area contributed by atoms with Gasteiger partial charge < -0.3 is 10.1 Å². The Balaban J connectivity index is 1.63. The Labute approximate surface area is 141 Å². The zero-order valence-corrected chi connectivity index (χ0v) is 13.8. The van der Waals surface area contributed by atoms with Crippen LogP contribution in [0.5, 0.6) is 5.75 Å². The van der Waals surface area contributed by atoms with Crippen LogP contribution in [0.2, 0.25) is 0 Å². The molecular formula is C18H20N4O2. The minimum atomic E-state index is -0.611. The number of hydrogen-bond donors (Lipinski definition) is 1. The Morgan fingerprint density at radius 2 is 2.21 bits per heavy atom. The minimum Gasteiger partial charge on any atom is -0.481 e. The number of carbonyl (C=O) groups is 1. The van der Waals surface area contributed by atoms with Gasteiger partial charge in [0.2, 0.25) is 0 Å². The van der Waals surface area contributed by atoms with Gasteiger partial charge in [-0.25, -0.2) is 0 Å². The molecule has 1 aliphatic carbocycles. The highest BCUT2D eigenvalue weighted by atomic mass is 16.5. The number of fused-ring (bicyclic) bond motifs is 1. The van der Waals surface area contributed by atoms with Crippen molar-refractivity contribution >= 4 is 5.91 Å². The summed E-state index contributed by atoms with van der Waals surface area (Å²) in [4.78, 5) is 12.4. The van der Waals surface area contributed by atoms with Gasteiger partial charge in [0.25, 0.3) is 5.91 Å². The zero-order chi connectivity index (χ0) is 17.1. The molecule has 0 bridgehead atoms. The highest BCUT2D eigenvalue weighted by Gasteiger charge is 2.26. The zero-order valence-electron chi connectivity index (χ0n) is 13.8. The third-order valence-electron chi connectivity index (χ3n) is 4.36. The number of rotatable bonds is 4. The topological polar surface area (TPSA) is 79.9 Å². The van der Waals surface area contributed by atoms with Gasteiger partial charge in [-0.3, -0.25) is 9.48 Å². The number of nitrogens with one attached hydrogen (secondary N) is 1. The summed E-state index contributed by atoms with van der Waals surface area (Å²) in [6, 6.07) is 8.77. The molecule has 0 radical (unpaired) electrons. The first kappa shape index (κ1) is 16.1. The summed E-state index contributed by atoms with van der Waals surface area (Å²) in [5.41, 5.74) is 2.85. The molecule has 0 spiro atoms. The highest BCUT2D eigenvalue weighted by molar-refractivity contribution is 5.81. The van der Waals surface area contributed by atoms with E-state index in [1.807, 2.05) is 17.9 Å². The monoisotopic (exact) mass is 324 g/mol. The molecule has 1 aromatic carbocycles. The first-order valence-corrected chi connectivity index (χ1v) is 8.06. The molecular weight excluding hydrogens is 304 g/mol. The van der Waals surface area contributed by atoms with Crippen LogP contribution in [0.25, 0.3) is 0 Å². The second-order valence-corrected chi connectivity index (χ2v) is 6.02. The fourth-order valence-electron chi connectivity index (χ4n) is 3.01. The summed E-state index contributed by atoms with van der Waals surface area (Å²) >= 11 is 0. The van der Waals surface area contributed by atoms with Gasteiger partial charge in [0.1, 0.15) is 5.75 Å². The molecule has 1 N–H and O–H groups in total. The maximum atomic E-state index is 12.4. The summed E-state index contributed by atoms with van der Waals surface area (Å²) in [6.45, 7) is 1.72. The summed E-state index contributed by atoms with van der Waals surface area (Å²) in [7, 11) is 1.93. The van der Waals surface area contributed by atoms with Gasteiger partial charge in [0.05, 0.1) is 23.9 Å². The van der Waals surface area contributed by atoms with Crippen LogP contribution in [0.3, 0.4) is 0 Å². The van der Waals surface area contributed by atoms with Crippen molar-refractivity contribution in [3.63, 3.8) is 0 Å². The molecule has 1 amide bonds. The molecule has 1 heterocycles. The standard InChI is InChI=1S/C18H20N4O2/c1-12(24-14-8-6-13(10-19)7-9-14)18(23)21-16-4-3-5-17-15(16)11-20-22(17)2/h6-9,11-12,16H,3-5H2,1-2H3,(H,21,23). The molecule has 6 heteroatoms. The fourth-order valence-corrected chi connectivity index (χ4v) is 3.01. The van der Waals surface area contributed by atoms with Crippen LogP contribution in [0, 0.1) is 11.3 Å². The molecule has 1 aromatic heterocycles. The van der Waals surface area contributed by atoms with Gasteiger partial charge in [-0.05, 0) is 50.5 Å². The van der Waals surface area contributed by atoms with Gasteiger partial charge in [0.15, 0.2) is 6.10 Å². The van der Waals surface area contributed by atoms with E-state index >= 15 is 0 Å². The maximum absolute atomic E-state index is 12.4. The molecule has 3 rings (SSSR count). The Morgan fingerprint density at radius 3 is 2.92 bits per heavy atom. The Hall–Kier alpha value is -2.81. The Kier molecular flexibility index (Phi) is 4.52. The number of aryl methyl sites for hydroxylation is 1. The van der Waals surface area contributed by atoms with E-state index in [0.717, 1.165) is 24.8 Å². The quantitative estimate of drug-likeness (QED) is 0.935. The lowest BCUT2D eigenvalue weighted by Gasteiger charge is -2.25. The molecule has 0 fully saturated rings. The molecule has 2 aromatic rings. The predicted molar refractivity (Wildman–Crippen MR) is 88.3 cm³/mol. The molecule has 0 saturated heterocycles. The van der Waals surface area contributed by atoms with Crippen LogP contribution in [0.1, 0.15) is 42.6 Å². The lowest BCUT2D eigenvalue weighted by Crippen LogP contribution is -2.39. The second kappa shape index (κ2) is 6.75. The average molecular weight is 324 g/mol. The minimum absolute atomic E-state index is 0.0121. The van der Waals surface area contributed by atoms with Crippen LogP contribution in [-0.2, 0) is 18.3 Å². The van der Waals surface area contributed by atoms with Gasteiger partial charge >= 0.3 is 0 Å². The summed E-state index contributed by atoms with van der Waals surface area (Å²) in [5, 5.41) is 16.2. The van der Waals surface area contributed by atoms with Crippen LogP contribution in [-0.4, -0.2) is 21.8 Å². The van der Waals surface area contributed by atoms with E-state index < -0.39 is 6.10 Å².